The van der Waals surface area contributed by atoms with Crippen molar-refractivity contribution in [2.75, 3.05) is 7.05 Å². The number of nitrogens with one attached hydrogen (secondary N) is 1. The molecular formula is C10H12FN5. The fourth-order valence-corrected chi connectivity index (χ4v) is 1.44. The zero-order valence-electron chi connectivity index (χ0n) is 9.11. The Labute approximate surface area is 92.3 Å². The van der Waals surface area contributed by atoms with Crippen LogP contribution in [0.2, 0.25) is 0 Å². The van der Waals surface area contributed by atoms with Crippen LogP contribution in [0.1, 0.15) is 11.4 Å². The van der Waals surface area contributed by atoms with Crippen molar-refractivity contribution in [3.05, 3.63) is 35.4 Å². The van der Waals surface area contributed by atoms with Gasteiger partial charge in [-0.1, -0.05) is 6.07 Å². The van der Waals surface area contributed by atoms with E-state index in [4.69, 9.17) is 0 Å². The SMILES string of the molecule is CNCc1nnnn1-c1ccc(C)cc1F. The monoisotopic (exact) mass is 221 g/mol. The Balaban J connectivity index is 2.46. The average Bonchev–Trinajstić information content (AvgIpc) is 2.67. The van der Waals surface area contributed by atoms with Crippen molar-refractivity contribution in [3.8, 4) is 5.69 Å². The fraction of sp³-hybridized carbons (Fsp3) is 0.300. The highest BCUT2D eigenvalue weighted by atomic mass is 19.1. The largest absolute Gasteiger partial charge is 0.313 e. The standard InChI is InChI=1S/C10H12FN5/c1-7-3-4-9(8(11)5-7)16-10(6-12-2)13-14-15-16/h3-5,12H,6H2,1-2H3. The molecule has 1 aromatic carbocycles. The van der Waals surface area contributed by atoms with Crippen LogP contribution >= 0.6 is 0 Å². The number of aromatic nitrogens is 4. The lowest BCUT2D eigenvalue weighted by Crippen LogP contribution is -2.13. The summed E-state index contributed by atoms with van der Waals surface area (Å²) >= 11 is 0. The van der Waals surface area contributed by atoms with Gasteiger partial charge < -0.3 is 5.32 Å². The van der Waals surface area contributed by atoms with Crippen LogP contribution < -0.4 is 5.32 Å². The smallest absolute Gasteiger partial charge is 0.170 e. The Hall–Kier alpha value is -1.82. The van der Waals surface area contributed by atoms with Crippen molar-refractivity contribution in [2.24, 2.45) is 0 Å². The van der Waals surface area contributed by atoms with Gasteiger partial charge in [-0.05, 0) is 42.1 Å². The molecule has 2 rings (SSSR count). The first-order valence-corrected chi connectivity index (χ1v) is 4.90. The van der Waals surface area contributed by atoms with E-state index in [1.807, 2.05) is 13.0 Å². The van der Waals surface area contributed by atoms with Crippen LogP contribution in [0.25, 0.3) is 5.69 Å². The second kappa shape index (κ2) is 4.36. The molecule has 0 radical (unpaired) electrons. The Bertz CT molecular complexity index is 494. The Morgan fingerprint density at radius 2 is 2.25 bits per heavy atom. The lowest BCUT2D eigenvalue weighted by atomic mass is 10.2. The number of hydrogen-bond acceptors (Lipinski definition) is 4. The van der Waals surface area contributed by atoms with Crippen molar-refractivity contribution in [1.29, 1.82) is 0 Å². The molecule has 0 aliphatic rings. The molecule has 1 N–H and O–H groups in total. The normalized spacial score (nSPS) is 10.7. The summed E-state index contributed by atoms with van der Waals surface area (Å²) in [5.41, 5.74) is 1.23. The van der Waals surface area contributed by atoms with Gasteiger partial charge >= 0.3 is 0 Å². The van der Waals surface area contributed by atoms with Gasteiger partial charge in [-0.3, -0.25) is 0 Å². The Morgan fingerprint density at radius 3 is 2.94 bits per heavy atom. The average molecular weight is 221 g/mol. The topological polar surface area (TPSA) is 55.6 Å². The van der Waals surface area contributed by atoms with E-state index in [0.29, 0.717) is 18.1 Å². The maximum absolute atomic E-state index is 13.7. The summed E-state index contributed by atoms with van der Waals surface area (Å²) in [6, 6.07) is 4.95. The van der Waals surface area contributed by atoms with Gasteiger partial charge in [-0.15, -0.1) is 5.10 Å². The number of hydrogen-bond donors (Lipinski definition) is 1. The maximum Gasteiger partial charge on any atom is 0.170 e. The second-order valence-electron chi connectivity index (χ2n) is 3.49. The van der Waals surface area contributed by atoms with E-state index in [0.717, 1.165) is 5.56 Å². The maximum atomic E-state index is 13.7. The zero-order chi connectivity index (χ0) is 11.5. The van der Waals surface area contributed by atoms with Crippen molar-refractivity contribution in [2.45, 2.75) is 13.5 Å². The Morgan fingerprint density at radius 1 is 1.44 bits per heavy atom. The van der Waals surface area contributed by atoms with Crippen LogP contribution in [-0.2, 0) is 6.54 Å². The molecule has 84 valence electrons. The molecule has 0 aliphatic carbocycles. The molecule has 0 bridgehead atoms. The van der Waals surface area contributed by atoms with Crippen molar-refractivity contribution in [3.63, 3.8) is 0 Å². The molecule has 0 spiro atoms. The first-order valence-electron chi connectivity index (χ1n) is 4.90. The van der Waals surface area contributed by atoms with Crippen LogP contribution in [0, 0.1) is 12.7 Å². The van der Waals surface area contributed by atoms with Crippen molar-refractivity contribution < 1.29 is 4.39 Å². The summed E-state index contributed by atoms with van der Waals surface area (Å²) in [4.78, 5) is 0. The van der Waals surface area contributed by atoms with Crippen LogP contribution in [0.15, 0.2) is 18.2 Å². The summed E-state index contributed by atoms with van der Waals surface area (Å²) < 4.78 is 15.1. The van der Waals surface area contributed by atoms with Gasteiger partial charge in [0.2, 0.25) is 0 Å². The predicted octanol–water partition coefficient (Wildman–Crippen LogP) is 0.829. The predicted molar refractivity (Wildman–Crippen MR) is 56.6 cm³/mol. The third-order valence-corrected chi connectivity index (χ3v) is 2.20. The van der Waals surface area contributed by atoms with E-state index >= 15 is 0 Å². The molecule has 0 saturated carbocycles. The zero-order valence-corrected chi connectivity index (χ0v) is 9.11. The molecule has 0 aliphatic heterocycles. The number of nitrogens with zero attached hydrogens (tertiary/aromatic N) is 4. The van der Waals surface area contributed by atoms with Crippen LogP contribution in [0.3, 0.4) is 0 Å². The van der Waals surface area contributed by atoms with E-state index in [1.165, 1.54) is 10.7 Å². The fourth-order valence-electron chi connectivity index (χ4n) is 1.44. The van der Waals surface area contributed by atoms with Gasteiger partial charge in [0.05, 0.1) is 6.54 Å². The molecule has 5 nitrogen and oxygen atoms in total. The first-order chi connectivity index (χ1) is 7.72. The van der Waals surface area contributed by atoms with Gasteiger partial charge in [0.25, 0.3) is 0 Å². The van der Waals surface area contributed by atoms with E-state index in [2.05, 4.69) is 20.8 Å². The van der Waals surface area contributed by atoms with Gasteiger partial charge in [0.15, 0.2) is 5.82 Å². The van der Waals surface area contributed by atoms with Gasteiger partial charge in [0, 0.05) is 0 Å². The minimum atomic E-state index is -0.329. The highest BCUT2D eigenvalue weighted by molar-refractivity contribution is 5.35. The van der Waals surface area contributed by atoms with Crippen molar-refractivity contribution >= 4 is 0 Å². The Kier molecular flexibility index (Phi) is 2.91. The number of rotatable bonds is 3. The molecule has 0 fully saturated rings. The molecule has 1 heterocycles. The van der Waals surface area contributed by atoms with E-state index in [-0.39, 0.29) is 5.82 Å². The summed E-state index contributed by atoms with van der Waals surface area (Å²) in [6.45, 7) is 2.32. The van der Waals surface area contributed by atoms with E-state index in [1.54, 1.807) is 13.1 Å². The van der Waals surface area contributed by atoms with E-state index < -0.39 is 0 Å². The van der Waals surface area contributed by atoms with Crippen LogP contribution in [-0.4, -0.2) is 27.3 Å². The molecule has 0 atom stereocenters. The second-order valence-corrected chi connectivity index (χ2v) is 3.49. The molecule has 0 unspecified atom stereocenters. The highest BCUT2D eigenvalue weighted by Gasteiger charge is 2.11. The molecule has 0 saturated heterocycles. The first kappa shape index (κ1) is 10.7. The molecule has 0 amide bonds. The number of halogens is 1. The molecule has 1 aromatic heterocycles. The van der Waals surface area contributed by atoms with E-state index in [9.17, 15) is 4.39 Å². The number of aryl methyl sites for hydroxylation is 1. The third-order valence-electron chi connectivity index (χ3n) is 2.20. The van der Waals surface area contributed by atoms with Gasteiger partial charge in [-0.25, -0.2) is 4.39 Å². The van der Waals surface area contributed by atoms with Gasteiger partial charge in [0.1, 0.15) is 11.5 Å². The summed E-state index contributed by atoms with van der Waals surface area (Å²) in [5.74, 6) is 0.245. The van der Waals surface area contributed by atoms with Crippen LogP contribution in [0.5, 0.6) is 0 Å². The third kappa shape index (κ3) is 1.92. The lowest BCUT2D eigenvalue weighted by molar-refractivity contribution is 0.597. The minimum Gasteiger partial charge on any atom is -0.313 e. The number of benzene rings is 1. The minimum absolute atomic E-state index is 0.329. The lowest BCUT2D eigenvalue weighted by Gasteiger charge is -2.05. The van der Waals surface area contributed by atoms with Crippen LogP contribution in [0.4, 0.5) is 4.39 Å². The quantitative estimate of drug-likeness (QED) is 0.834. The molecular weight excluding hydrogens is 209 g/mol. The summed E-state index contributed by atoms with van der Waals surface area (Å²) in [6.07, 6.45) is 0. The summed E-state index contributed by atoms with van der Waals surface area (Å²) in [7, 11) is 1.78. The van der Waals surface area contributed by atoms with Gasteiger partial charge in [-0.2, -0.15) is 4.68 Å². The molecule has 6 heteroatoms. The molecule has 2 aromatic rings. The highest BCUT2D eigenvalue weighted by Crippen LogP contribution is 2.14. The molecule has 16 heavy (non-hydrogen) atoms. The summed E-state index contributed by atoms with van der Waals surface area (Å²) in [5, 5.41) is 14.1. The number of tetrazole rings is 1. The van der Waals surface area contributed by atoms with Crippen molar-refractivity contribution in [1.82, 2.24) is 25.5 Å².